The lowest BCUT2D eigenvalue weighted by molar-refractivity contribution is -0.870. The standard InChI is InChI=1S/C40H80NO8P/c1-6-8-10-12-14-15-16-17-18-19-20-21-22-23-24-25-26-27-29-31-33-40(43)49-38(36-46-39(42)32-30-28-13-11-9-7-2)37-48-50(44,45)47-35-34-41(3,4)5/h38H,6-37H2,1-5H3. The van der Waals surface area contributed by atoms with E-state index in [1.54, 1.807) is 0 Å². The molecule has 0 saturated heterocycles. The average Bonchev–Trinajstić information content (AvgIpc) is 3.06. The normalized spacial score (nSPS) is 13.6. The molecule has 298 valence electrons. The number of ether oxygens (including phenoxy) is 2. The van der Waals surface area contributed by atoms with Crippen LogP contribution >= 0.6 is 7.82 Å². The number of phosphoric acid groups is 1. The first-order valence-electron chi connectivity index (χ1n) is 20.7. The van der Waals surface area contributed by atoms with E-state index in [0.717, 1.165) is 38.5 Å². The fourth-order valence-electron chi connectivity index (χ4n) is 5.83. The second-order valence-corrected chi connectivity index (χ2v) is 16.8. The quantitative estimate of drug-likeness (QED) is 0.0267. The van der Waals surface area contributed by atoms with Crippen molar-refractivity contribution in [1.29, 1.82) is 0 Å². The predicted octanol–water partition coefficient (Wildman–Crippen LogP) is 10.6. The number of likely N-dealkylation sites (N-methyl/N-ethyl adjacent to an activating group) is 1. The zero-order chi connectivity index (χ0) is 37.2. The number of rotatable bonds is 38. The van der Waals surface area contributed by atoms with Crippen LogP contribution in [-0.4, -0.2) is 70.0 Å². The van der Waals surface area contributed by atoms with Crippen molar-refractivity contribution in [1.82, 2.24) is 0 Å². The third-order valence-corrected chi connectivity index (χ3v) is 10.1. The highest BCUT2D eigenvalue weighted by Gasteiger charge is 2.21. The molecule has 0 N–H and O–H groups in total. The number of hydrogen-bond donors (Lipinski definition) is 0. The van der Waals surface area contributed by atoms with Crippen LogP contribution in [0.4, 0.5) is 0 Å². The largest absolute Gasteiger partial charge is 0.756 e. The highest BCUT2D eigenvalue weighted by Crippen LogP contribution is 2.38. The van der Waals surface area contributed by atoms with Gasteiger partial charge in [0.1, 0.15) is 19.8 Å². The van der Waals surface area contributed by atoms with Crippen molar-refractivity contribution in [2.75, 3.05) is 47.5 Å². The van der Waals surface area contributed by atoms with Crippen LogP contribution in [0.2, 0.25) is 0 Å². The van der Waals surface area contributed by atoms with Crippen LogP contribution in [0.5, 0.6) is 0 Å². The highest BCUT2D eigenvalue weighted by atomic mass is 31.2. The Labute approximate surface area is 308 Å². The van der Waals surface area contributed by atoms with Gasteiger partial charge < -0.3 is 27.9 Å². The second-order valence-electron chi connectivity index (χ2n) is 15.4. The van der Waals surface area contributed by atoms with Crippen molar-refractivity contribution in [2.24, 2.45) is 0 Å². The lowest BCUT2D eigenvalue weighted by atomic mass is 10.0. The van der Waals surface area contributed by atoms with Crippen LogP contribution in [0.1, 0.15) is 194 Å². The molecule has 0 aliphatic heterocycles. The summed E-state index contributed by atoms with van der Waals surface area (Å²) in [4.78, 5) is 37.2. The molecular weight excluding hydrogens is 653 g/mol. The molecule has 0 aromatic carbocycles. The maximum Gasteiger partial charge on any atom is 0.306 e. The summed E-state index contributed by atoms with van der Waals surface area (Å²) in [6.45, 7) is 4.18. The van der Waals surface area contributed by atoms with Crippen molar-refractivity contribution < 1.29 is 42.1 Å². The fourth-order valence-corrected chi connectivity index (χ4v) is 6.56. The van der Waals surface area contributed by atoms with Gasteiger partial charge in [-0.3, -0.25) is 14.2 Å². The summed E-state index contributed by atoms with van der Waals surface area (Å²) in [5.74, 6) is -0.834. The first kappa shape index (κ1) is 49.0. The fraction of sp³-hybridized carbons (Fsp3) is 0.950. The maximum absolute atomic E-state index is 12.6. The minimum atomic E-state index is -4.60. The summed E-state index contributed by atoms with van der Waals surface area (Å²) in [6, 6.07) is 0. The van der Waals surface area contributed by atoms with Gasteiger partial charge in [0.25, 0.3) is 7.82 Å². The topological polar surface area (TPSA) is 111 Å². The number of carbonyl (C=O) groups is 2. The van der Waals surface area contributed by atoms with Gasteiger partial charge in [0.15, 0.2) is 6.10 Å². The molecule has 0 rings (SSSR count). The van der Waals surface area contributed by atoms with Crippen molar-refractivity contribution in [3.63, 3.8) is 0 Å². The van der Waals surface area contributed by atoms with E-state index < -0.39 is 26.5 Å². The van der Waals surface area contributed by atoms with Crippen molar-refractivity contribution >= 4 is 19.8 Å². The van der Waals surface area contributed by atoms with E-state index in [9.17, 15) is 19.0 Å². The summed E-state index contributed by atoms with van der Waals surface area (Å²) < 4.78 is 33.7. The van der Waals surface area contributed by atoms with E-state index in [4.69, 9.17) is 18.5 Å². The van der Waals surface area contributed by atoms with Gasteiger partial charge in [-0.25, -0.2) is 0 Å². The molecular formula is C40H80NO8P. The van der Waals surface area contributed by atoms with Crippen LogP contribution in [-0.2, 0) is 32.7 Å². The molecule has 10 heteroatoms. The summed E-state index contributed by atoms with van der Waals surface area (Å²) in [5, 5.41) is 0. The Morgan fingerprint density at radius 2 is 0.900 bits per heavy atom. The third-order valence-electron chi connectivity index (χ3n) is 9.13. The average molecular weight is 734 g/mol. The van der Waals surface area contributed by atoms with Crippen molar-refractivity contribution in [2.45, 2.75) is 200 Å². The monoisotopic (exact) mass is 734 g/mol. The predicted molar refractivity (Wildman–Crippen MR) is 204 cm³/mol. The Kier molecular flexibility index (Phi) is 33.2. The minimum Gasteiger partial charge on any atom is -0.756 e. The molecule has 0 saturated carbocycles. The molecule has 2 atom stereocenters. The molecule has 0 spiro atoms. The van der Waals surface area contributed by atoms with Gasteiger partial charge in [0.05, 0.1) is 27.7 Å². The smallest absolute Gasteiger partial charge is 0.306 e. The molecule has 2 unspecified atom stereocenters. The molecule has 0 amide bonds. The lowest BCUT2D eigenvalue weighted by Crippen LogP contribution is -2.37. The van der Waals surface area contributed by atoms with E-state index >= 15 is 0 Å². The molecule has 0 fully saturated rings. The Bertz CT molecular complexity index is 835. The minimum absolute atomic E-state index is 0.0264. The molecule has 0 aromatic rings. The molecule has 0 aliphatic carbocycles. The number of hydrogen-bond acceptors (Lipinski definition) is 8. The van der Waals surface area contributed by atoms with Gasteiger partial charge >= 0.3 is 11.9 Å². The molecule has 50 heavy (non-hydrogen) atoms. The molecule has 0 aliphatic rings. The van der Waals surface area contributed by atoms with Gasteiger partial charge in [-0.1, -0.05) is 168 Å². The Hall–Kier alpha value is -0.990. The zero-order valence-corrected chi connectivity index (χ0v) is 34.3. The first-order chi connectivity index (χ1) is 24.0. The van der Waals surface area contributed by atoms with Crippen LogP contribution in [0, 0.1) is 0 Å². The zero-order valence-electron chi connectivity index (χ0n) is 33.4. The Morgan fingerprint density at radius 1 is 0.540 bits per heavy atom. The van der Waals surface area contributed by atoms with Gasteiger partial charge in [0, 0.05) is 12.8 Å². The summed E-state index contributed by atoms with van der Waals surface area (Å²) in [7, 11) is 1.18. The van der Waals surface area contributed by atoms with Crippen LogP contribution < -0.4 is 4.89 Å². The van der Waals surface area contributed by atoms with Crippen LogP contribution in [0.3, 0.4) is 0 Å². The number of unbranched alkanes of at least 4 members (excludes halogenated alkanes) is 24. The second kappa shape index (κ2) is 33.8. The Balaban J connectivity index is 4.16. The SMILES string of the molecule is CCCCCCCCCCCCCCCCCCCCCCC(=O)OC(COC(=O)CCCCCCCC)COP(=O)([O-])OCC[N+](C)(C)C. The number of nitrogens with zero attached hydrogens (tertiary/aromatic N) is 1. The summed E-state index contributed by atoms with van der Waals surface area (Å²) in [5.41, 5.74) is 0. The first-order valence-corrected chi connectivity index (χ1v) is 22.2. The molecule has 9 nitrogen and oxygen atoms in total. The van der Waals surface area contributed by atoms with Gasteiger partial charge in [-0.15, -0.1) is 0 Å². The highest BCUT2D eigenvalue weighted by molar-refractivity contribution is 7.45. The molecule has 0 heterocycles. The molecule has 0 aromatic heterocycles. The van der Waals surface area contributed by atoms with E-state index in [1.807, 2.05) is 21.1 Å². The maximum atomic E-state index is 12.6. The van der Waals surface area contributed by atoms with E-state index in [1.165, 1.54) is 122 Å². The van der Waals surface area contributed by atoms with Gasteiger partial charge in [-0.2, -0.15) is 0 Å². The van der Waals surface area contributed by atoms with E-state index in [2.05, 4.69) is 13.8 Å². The number of phosphoric ester groups is 1. The number of esters is 2. The lowest BCUT2D eigenvalue weighted by Gasteiger charge is -2.28. The number of carbonyl (C=O) groups excluding carboxylic acids is 2. The summed E-state index contributed by atoms with van der Waals surface area (Å²) in [6.07, 6.45) is 31.6. The van der Waals surface area contributed by atoms with Crippen molar-refractivity contribution in [3.05, 3.63) is 0 Å². The third kappa shape index (κ3) is 36.8. The van der Waals surface area contributed by atoms with Gasteiger partial charge in [0.2, 0.25) is 0 Å². The van der Waals surface area contributed by atoms with E-state index in [-0.39, 0.29) is 32.0 Å². The molecule has 0 bridgehead atoms. The van der Waals surface area contributed by atoms with Gasteiger partial charge in [-0.05, 0) is 12.8 Å². The Morgan fingerprint density at radius 3 is 1.28 bits per heavy atom. The van der Waals surface area contributed by atoms with Crippen molar-refractivity contribution in [3.8, 4) is 0 Å². The van der Waals surface area contributed by atoms with Crippen LogP contribution in [0.25, 0.3) is 0 Å². The number of quaternary nitrogens is 1. The molecule has 0 radical (unpaired) electrons. The van der Waals surface area contributed by atoms with Crippen LogP contribution in [0.15, 0.2) is 0 Å². The summed E-state index contributed by atoms with van der Waals surface area (Å²) >= 11 is 0. The van der Waals surface area contributed by atoms with E-state index in [0.29, 0.717) is 17.4 Å².